The molecule has 5 aliphatic heterocycles. The van der Waals surface area contributed by atoms with Crippen molar-refractivity contribution in [2.75, 3.05) is 55.6 Å². The molecule has 1 N–H and O–H groups in total. The predicted octanol–water partition coefficient (Wildman–Crippen LogP) is 5.16. The molecule has 0 radical (unpaired) electrons. The van der Waals surface area contributed by atoms with E-state index in [2.05, 4.69) is 29.8 Å². The minimum absolute atomic E-state index is 0.00790. The first-order valence-corrected chi connectivity index (χ1v) is 22.3. The van der Waals surface area contributed by atoms with Gasteiger partial charge in [-0.15, -0.1) is 0 Å². The number of anilines is 3. The summed E-state index contributed by atoms with van der Waals surface area (Å²) < 4.78 is 33.3. The summed E-state index contributed by atoms with van der Waals surface area (Å²) in [7, 11) is 1.78. The number of imide groups is 2. The number of hydrogen-bond donors (Lipinski definition) is 1. The van der Waals surface area contributed by atoms with Crippen LogP contribution in [0.2, 0.25) is 0 Å². The number of hydrogen-bond acceptors (Lipinski definition) is 10. The SMILES string of the molecule is CC(=O)N1CCc2c(c(N3CCCc4cc(-c5cnn(C)c5)c(C(F)F)cc43)nn2C2CCC(CN3CCN(c4cccc5c4C(=O)N(C4CCC(=O)NC4=O)C5=O)CC3)CC2)C1. The number of rotatable bonds is 8. The molecule has 2 aromatic heterocycles. The molecule has 0 spiro atoms. The Hall–Kier alpha value is -5.97. The maximum absolute atomic E-state index is 14.7. The van der Waals surface area contributed by atoms with Gasteiger partial charge >= 0.3 is 0 Å². The van der Waals surface area contributed by atoms with Crippen LogP contribution >= 0.6 is 0 Å². The van der Waals surface area contributed by atoms with Gasteiger partial charge in [0.25, 0.3) is 18.2 Å². The van der Waals surface area contributed by atoms with Gasteiger partial charge in [0, 0.05) is 107 Å². The van der Waals surface area contributed by atoms with E-state index in [0.29, 0.717) is 73.0 Å². The number of piperazine rings is 1. The zero-order chi connectivity index (χ0) is 43.7. The molecule has 3 fully saturated rings. The van der Waals surface area contributed by atoms with Crippen LogP contribution in [0.3, 0.4) is 0 Å². The van der Waals surface area contributed by atoms with Crippen LogP contribution < -0.4 is 15.1 Å². The maximum Gasteiger partial charge on any atom is 0.264 e. The van der Waals surface area contributed by atoms with Gasteiger partial charge in [-0.3, -0.25) is 48.5 Å². The fourth-order valence-corrected chi connectivity index (χ4v) is 10.9. The van der Waals surface area contributed by atoms with E-state index >= 15 is 0 Å². The summed E-state index contributed by atoms with van der Waals surface area (Å²) >= 11 is 0. The Morgan fingerprint density at radius 3 is 2.40 bits per heavy atom. The Kier molecular flexibility index (Phi) is 10.6. The summed E-state index contributed by atoms with van der Waals surface area (Å²) in [5, 5.41) is 11.9. The molecule has 1 aliphatic carbocycles. The van der Waals surface area contributed by atoms with E-state index < -0.39 is 36.1 Å². The van der Waals surface area contributed by atoms with E-state index in [9.17, 15) is 32.8 Å². The Morgan fingerprint density at radius 2 is 1.68 bits per heavy atom. The van der Waals surface area contributed by atoms with Crippen LogP contribution in [0.15, 0.2) is 42.7 Å². The first kappa shape index (κ1) is 41.1. The van der Waals surface area contributed by atoms with Crippen LogP contribution in [0.5, 0.6) is 0 Å². The minimum Gasteiger partial charge on any atom is -0.368 e. The van der Waals surface area contributed by atoms with Gasteiger partial charge in [0.1, 0.15) is 6.04 Å². The molecular formula is C46H52F2N10O5. The van der Waals surface area contributed by atoms with Crippen LogP contribution in [0, 0.1) is 5.92 Å². The molecule has 10 rings (SSSR count). The molecule has 1 saturated carbocycles. The lowest BCUT2D eigenvalue weighted by atomic mass is 9.85. The van der Waals surface area contributed by atoms with Crippen molar-refractivity contribution in [3.05, 3.63) is 76.2 Å². The number of halogens is 2. The summed E-state index contributed by atoms with van der Waals surface area (Å²) in [6.07, 6.45) is 7.22. The van der Waals surface area contributed by atoms with Crippen molar-refractivity contribution in [2.45, 2.75) is 89.8 Å². The molecule has 63 heavy (non-hydrogen) atoms. The van der Waals surface area contributed by atoms with Gasteiger partial charge in [-0.25, -0.2) is 8.78 Å². The number of nitrogens with one attached hydrogen (secondary N) is 1. The Labute approximate surface area is 363 Å². The van der Waals surface area contributed by atoms with E-state index in [-0.39, 0.29) is 30.4 Å². The van der Waals surface area contributed by atoms with Crippen LogP contribution in [-0.4, -0.2) is 116 Å². The Balaban J connectivity index is 0.821. The second-order valence-electron chi connectivity index (χ2n) is 18.0. The molecule has 6 aliphatic rings. The highest BCUT2D eigenvalue weighted by atomic mass is 19.3. The van der Waals surface area contributed by atoms with Crippen molar-refractivity contribution >= 4 is 46.7 Å². The summed E-state index contributed by atoms with van der Waals surface area (Å²) in [5.41, 5.74) is 6.37. The number of aryl methyl sites for hydroxylation is 2. The van der Waals surface area contributed by atoms with Crippen LogP contribution in [-0.2, 0) is 40.8 Å². The molecule has 2 aromatic carbocycles. The third-order valence-corrected chi connectivity index (χ3v) is 14.2. The van der Waals surface area contributed by atoms with Crippen molar-refractivity contribution in [3.8, 4) is 11.1 Å². The Morgan fingerprint density at radius 1 is 0.889 bits per heavy atom. The number of benzene rings is 2. The number of alkyl halides is 2. The van der Waals surface area contributed by atoms with Gasteiger partial charge < -0.3 is 14.7 Å². The summed E-state index contributed by atoms with van der Waals surface area (Å²) in [6, 6.07) is 8.03. The monoisotopic (exact) mass is 862 g/mol. The molecule has 5 amide bonds. The lowest BCUT2D eigenvalue weighted by Crippen LogP contribution is -2.54. The van der Waals surface area contributed by atoms with Crippen molar-refractivity contribution in [3.63, 3.8) is 0 Å². The van der Waals surface area contributed by atoms with E-state index in [0.717, 1.165) is 91.4 Å². The third-order valence-electron chi connectivity index (χ3n) is 14.2. The van der Waals surface area contributed by atoms with Gasteiger partial charge in [-0.2, -0.15) is 10.2 Å². The largest absolute Gasteiger partial charge is 0.368 e. The average molecular weight is 863 g/mol. The molecule has 2 saturated heterocycles. The number of carbonyl (C=O) groups is 5. The van der Waals surface area contributed by atoms with Gasteiger partial charge in [-0.1, -0.05) is 6.07 Å². The molecule has 17 heteroatoms. The van der Waals surface area contributed by atoms with Crippen LogP contribution in [0.4, 0.5) is 26.0 Å². The number of fused-ring (bicyclic) bond motifs is 3. The number of aromatic nitrogens is 4. The smallest absolute Gasteiger partial charge is 0.264 e. The standard InChI is InChI=1S/C46H52F2N10O5/c1-27(59)55-16-14-36-35(26-55)43(56-15-4-5-29-21-33(30-23-49-52(2)25-30)34(42(47)48)22-39(29)56)51-58(36)31-10-8-28(9-11-31)24-53-17-19-54(20-18-53)37-7-3-6-32-41(37)46(63)57(45(32)62)38-12-13-40(60)50-44(38)61/h3,6-7,21-23,25,28,31,38,42H,4-5,8-20,24,26H2,1-2H3,(H,50,60,61). The maximum atomic E-state index is 14.7. The zero-order valence-corrected chi connectivity index (χ0v) is 35.7. The highest BCUT2D eigenvalue weighted by molar-refractivity contribution is 6.25. The first-order chi connectivity index (χ1) is 30.4. The number of amides is 5. The first-order valence-electron chi connectivity index (χ1n) is 22.3. The normalized spacial score (nSPS) is 23.0. The predicted molar refractivity (Wildman–Crippen MR) is 229 cm³/mol. The van der Waals surface area contributed by atoms with E-state index in [1.165, 1.54) is 0 Å². The van der Waals surface area contributed by atoms with Crippen molar-refractivity contribution in [1.29, 1.82) is 0 Å². The quantitative estimate of drug-likeness (QED) is 0.236. The van der Waals surface area contributed by atoms with E-state index in [1.807, 2.05) is 17.0 Å². The molecular weight excluding hydrogens is 811 g/mol. The topological polar surface area (TPSA) is 149 Å². The molecule has 7 heterocycles. The van der Waals surface area contributed by atoms with E-state index in [4.69, 9.17) is 5.10 Å². The van der Waals surface area contributed by atoms with Gasteiger partial charge in [0.05, 0.1) is 35.6 Å². The highest BCUT2D eigenvalue weighted by Crippen LogP contribution is 2.45. The zero-order valence-electron chi connectivity index (χ0n) is 35.7. The fourth-order valence-electron chi connectivity index (χ4n) is 10.9. The average Bonchev–Trinajstić information content (AvgIpc) is 3.96. The van der Waals surface area contributed by atoms with Crippen LogP contribution in [0.1, 0.15) is 107 Å². The molecule has 330 valence electrons. The number of carbonyl (C=O) groups excluding carboxylic acids is 5. The third kappa shape index (κ3) is 7.36. The lowest BCUT2D eigenvalue weighted by molar-refractivity contribution is -0.136. The van der Waals surface area contributed by atoms with Crippen molar-refractivity contribution in [1.82, 2.24) is 39.6 Å². The fraction of sp³-hybridized carbons (Fsp3) is 0.500. The molecule has 4 aromatic rings. The van der Waals surface area contributed by atoms with Gasteiger partial charge in [-0.05, 0) is 86.3 Å². The number of piperidine rings is 1. The highest BCUT2D eigenvalue weighted by Gasteiger charge is 2.46. The lowest BCUT2D eigenvalue weighted by Gasteiger charge is -2.39. The molecule has 1 atom stereocenters. The molecule has 15 nitrogen and oxygen atoms in total. The second-order valence-corrected chi connectivity index (χ2v) is 18.0. The second kappa shape index (κ2) is 16.3. The summed E-state index contributed by atoms with van der Waals surface area (Å²) in [5.74, 6) is -0.726. The van der Waals surface area contributed by atoms with Crippen LogP contribution in [0.25, 0.3) is 11.1 Å². The van der Waals surface area contributed by atoms with Gasteiger partial charge in [0.2, 0.25) is 17.7 Å². The summed E-state index contributed by atoms with van der Waals surface area (Å²) in [4.78, 5) is 73.9. The molecule has 1 unspecified atom stereocenters. The summed E-state index contributed by atoms with van der Waals surface area (Å²) in [6.45, 7) is 7.25. The van der Waals surface area contributed by atoms with Crippen molar-refractivity contribution in [2.24, 2.45) is 13.0 Å². The van der Waals surface area contributed by atoms with Gasteiger partial charge in [0.15, 0.2) is 5.82 Å². The van der Waals surface area contributed by atoms with Crippen molar-refractivity contribution < 1.29 is 32.8 Å². The minimum atomic E-state index is -2.67. The Bertz CT molecular complexity index is 2520. The number of nitrogens with zero attached hydrogens (tertiary/aromatic N) is 9. The molecule has 0 bridgehead atoms. The van der Waals surface area contributed by atoms with E-state index in [1.54, 1.807) is 49.2 Å².